The number of hydrogen-bond acceptors (Lipinski definition) is 16. The van der Waals surface area contributed by atoms with Crippen molar-refractivity contribution in [3.63, 3.8) is 0 Å². The smallest absolute Gasteiger partial charge is 1.00 e. The van der Waals surface area contributed by atoms with Crippen molar-refractivity contribution in [1.82, 2.24) is 0 Å². The van der Waals surface area contributed by atoms with Gasteiger partial charge in [0.15, 0.2) is 12.6 Å². The zero-order valence-corrected chi connectivity index (χ0v) is 65.0. The monoisotopic (exact) mass is 1580 g/mol. The average Bonchev–Trinajstić information content (AvgIpc) is 2.66. The van der Waals surface area contributed by atoms with Gasteiger partial charge in [-0.15, -0.1) is 24.2 Å². The van der Waals surface area contributed by atoms with Gasteiger partial charge in [-0.2, -0.15) is 11.8 Å². The number of halogens is 5. The topological polar surface area (TPSA) is 216 Å². The van der Waals surface area contributed by atoms with Gasteiger partial charge in [-0.05, 0) is 200 Å². The Morgan fingerprint density at radius 1 is 0.651 bits per heavy atom. The van der Waals surface area contributed by atoms with E-state index in [1.807, 2.05) is 105 Å². The van der Waals surface area contributed by atoms with Gasteiger partial charge in [-0.25, -0.2) is 0 Å². The fourth-order valence-electron chi connectivity index (χ4n) is 7.11. The van der Waals surface area contributed by atoms with Crippen LogP contribution in [-0.4, -0.2) is 74.4 Å². The number of thioether (sulfide) groups is 2. The molecule has 0 radical (unpaired) electrons. The number of aldehydes is 2. The maximum Gasteiger partial charge on any atom is 1.00 e. The molecule has 0 aliphatic carbocycles. The number of ether oxygens (including phenoxy) is 2. The van der Waals surface area contributed by atoms with Crippen LogP contribution in [0, 0.1) is 20.8 Å². The Morgan fingerprint density at radius 3 is 1.35 bits per heavy atom. The fourth-order valence-corrected chi connectivity index (χ4v) is 12.1. The molecule has 9 rings (SSSR count). The van der Waals surface area contributed by atoms with E-state index in [0.717, 1.165) is 106 Å². The van der Waals surface area contributed by atoms with E-state index in [0.29, 0.717) is 36.4 Å². The molecule has 14 nitrogen and oxygen atoms in total. The Morgan fingerprint density at radius 2 is 1.02 bits per heavy atom. The molecule has 25 heteroatoms. The predicted octanol–water partition coefficient (Wildman–Crippen LogP) is 10.9. The summed E-state index contributed by atoms with van der Waals surface area (Å²) in [5, 5.41) is 29.9. The van der Waals surface area contributed by atoms with Crippen molar-refractivity contribution < 1.29 is 170 Å². The number of aryl methyl sites for hydroxylation is 3. The van der Waals surface area contributed by atoms with Gasteiger partial charge in [0, 0.05) is 57.0 Å². The van der Waals surface area contributed by atoms with Crippen LogP contribution in [0.1, 0.15) is 75.4 Å². The largest absolute Gasteiger partial charge is 1.00 e. The third-order valence-corrected chi connectivity index (χ3v) is 17.9. The quantitative estimate of drug-likeness (QED) is 0.0321. The molecule has 2 atom stereocenters. The zero-order chi connectivity index (χ0) is 60.7. The normalized spacial score (nSPS) is 10.7. The van der Waals surface area contributed by atoms with E-state index in [1.165, 1.54) is 23.4 Å². The molecule has 0 saturated heterocycles. The van der Waals surface area contributed by atoms with Crippen molar-refractivity contribution in [2.75, 3.05) is 36.7 Å². The van der Waals surface area contributed by atoms with Gasteiger partial charge in [0.05, 0.1) is 63.5 Å². The van der Waals surface area contributed by atoms with Gasteiger partial charge >= 0.3 is 103 Å². The Labute approximate surface area is 643 Å². The molecule has 2 N–H and O–H groups in total. The second-order valence-corrected chi connectivity index (χ2v) is 25.0. The first-order valence-corrected chi connectivity index (χ1v) is 33.6. The third-order valence-electron chi connectivity index (χ3n) is 10.8. The number of aliphatic hydroxyl groups is 1. The van der Waals surface area contributed by atoms with Crippen molar-refractivity contribution >= 4 is 179 Å². The number of rotatable bonds is 15. The van der Waals surface area contributed by atoms with Gasteiger partial charge in [-0.3, -0.25) is 22.8 Å². The minimum Gasteiger partial charge on any atom is -1.00 e. The molecule has 456 valence electrons. The summed E-state index contributed by atoms with van der Waals surface area (Å²) in [7, 11) is -1.63. The number of aromatic hydroxyl groups is 1. The van der Waals surface area contributed by atoms with Crippen molar-refractivity contribution in [3.8, 4) is 17.2 Å². The summed E-state index contributed by atoms with van der Waals surface area (Å²) in [5.41, 5.74) is 10.6. The number of phenolic OH excluding ortho intramolecular Hbond substituents is 1. The summed E-state index contributed by atoms with van der Waals surface area (Å²) in [5.74, 6) is 1.44. The molecule has 0 aliphatic heterocycles. The Hall–Kier alpha value is -1.71. The summed E-state index contributed by atoms with van der Waals surface area (Å²) in [6.07, 6.45) is 15.8. The van der Waals surface area contributed by atoms with E-state index in [2.05, 4.69) is 86.8 Å². The van der Waals surface area contributed by atoms with Gasteiger partial charge in [0.25, 0.3) is 6.47 Å². The van der Waals surface area contributed by atoms with Gasteiger partial charge in [-0.1, -0.05) is 59.8 Å². The number of phenols is 1. The first-order chi connectivity index (χ1) is 39.3. The van der Waals surface area contributed by atoms with E-state index in [9.17, 15) is 18.0 Å². The van der Waals surface area contributed by atoms with Crippen LogP contribution >= 0.6 is 99.7 Å². The van der Waals surface area contributed by atoms with E-state index in [1.54, 1.807) is 69.0 Å². The Balaban J connectivity index is -0.00000104. The molecule has 0 saturated carbocycles. The van der Waals surface area contributed by atoms with Crippen molar-refractivity contribution in [3.05, 3.63) is 196 Å². The van der Waals surface area contributed by atoms with Crippen molar-refractivity contribution in [2.45, 2.75) is 53.7 Å². The van der Waals surface area contributed by atoms with Crippen LogP contribution in [0.4, 0.5) is 0 Å². The molecule has 86 heavy (non-hydrogen) atoms. The SMILES string of the molecule is BrCc1cc(Br)c2occc2c1.C.CCO.CS/C(=C\c1c(C)cccc1OCc1cc(Br)c2occc2c1)S(C)=O.CSCS(C)=O.Cc1cccc(O)c1C=O.Cc1cccc(OCc2cc(Br)c3occc3c2)c1C=O.Cl.O=CO[O-].[H-].[K+].[K+]. The fraction of sp³-hybridized carbons (Fsp3) is 0.230. The molecule has 3 aromatic heterocycles. The second kappa shape index (κ2) is 48.1. The van der Waals surface area contributed by atoms with Gasteiger partial charge < -0.3 is 44.5 Å². The molecule has 3 heterocycles. The maximum atomic E-state index is 11.9. The number of carbonyl (C=O) groups excluding carboxylic acids is 3. The molecule has 0 spiro atoms. The Bertz CT molecular complexity index is 3550. The summed E-state index contributed by atoms with van der Waals surface area (Å²) in [6, 6.07) is 34.5. The number of furan rings is 3. The van der Waals surface area contributed by atoms with Crippen LogP contribution in [0.25, 0.3) is 39.0 Å². The number of fused-ring (bicyclic) bond motifs is 3. The van der Waals surface area contributed by atoms with Crippen LogP contribution in [0.3, 0.4) is 0 Å². The molecule has 0 aliphatic rings. The maximum absolute atomic E-state index is 11.9. The molecule has 0 amide bonds. The first-order valence-electron chi connectivity index (χ1n) is 24.2. The summed E-state index contributed by atoms with van der Waals surface area (Å²) < 4.78 is 53.7. The molecule has 0 bridgehead atoms. The van der Waals surface area contributed by atoms with Crippen molar-refractivity contribution in [2.24, 2.45) is 0 Å². The first kappa shape index (κ1) is 86.4. The van der Waals surface area contributed by atoms with E-state index in [-0.39, 0.29) is 143 Å². The van der Waals surface area contributed by atoms with Crippen LogP contribution in [-0.2, 0) is 49.8 Å². The van der Waals surface area contributed by atoms with Crippen LogP contribution in [0.2, 0.25) is 0 Å². The number of carbonyl (C=O) groups is 3. The van der Waals surface area contributed by atoms with Crippen LogP contribution < -0.4 is 118 Å². The number of aliphatic hydroxyl groups excluding tert-OH is 1. The van der Waals surface area contributed by atoms with Crippen LogP contribution in [0.5, 0.6) is 17.2 Å². The average molecular weight is 1590 g/mol. The summed E-state index contributed by atoms with van der Waals surface area (Å²) in [6.45, 7) is 8.29. The third kappa shape index (κ3) is 29.3. The van der Waals surface area contributed by atoms with Gasteiger partial charge in [0.1, 0.15) is 47.2 Å². The minimum absolute atomic E-state index is 0. The number of alkyl halides is 1. The molecule has 0 fully saturated rings. The molecular formula is C61H67Br4ClK2O14S4. The standard InChI is InChI=1S/C20H19BrO3S2.C17H13BrO3.C9H6Br2O.C8H8O2.C3H8OS2.C2H6O.CH2O3.CH4.ClH.2K.H/c1-13-5-4-6-18(16(13)11-19(25-2)26(3)22)24-12-14-9-15-7-8-23-20(15)17(21)10-14;1-11-3-2-4-16(14(11)9-19)21-10-12-7-13-5-6-20-17(13)15(18)8-12;10-5-6-3-7-1-2-12-9(7)8(11)4-6;1-6-3-2-4-8(10)7(6)5-9;1-5-3-6(2)4;1-2-3;2-1-4-3;;;;;/h4-11H,12H2,1-3H3;2-9H,10H2,1H3;1-4H,5H2;2-5,10H,1H3;3H2,1-2H3;3H,2H2,1H3;1,3H;1H4;1H;;;/q;;;;;;;;;2*+1;-1/p-1/b19-11+;;;;;;;;;;;. The van der Waals surface area contributed by atoms with E-state index in [4.69, 9.17) is 43.0 Å². The summed E-state index contributed by atoms with van der Waals surface area (Å²) >= 11 is 17.0. The van der Waals surface area contributed by atoms with Crippen molar-refractivity contribution in [1.29, 1.82) is 0 Å². The van der Waals surface area contributed by atoms with Crippen LogP contribution in [0.15, 0.2) is 159 Å². The minimum atomic E-state index is -1.02. The molecule has 9 aromatic rings. The van der Waals surface area contributed by atoms with Gasteiger partial charge in [0.2, 0.25) is 0 Å². The molecule has 2 unspecified atom stereocenters. The Kier molecular flexibility index (Phi) is 48.3. The molecule has 6 aromatic carbocycles. The second-order valence-electron chi connectivity index (χ2n) is 16.8. The molecular weight excluding hydrogens is 1520 g/mol. The number of hydrogen-bond donors (Lipinski definition) is 2. The zero-order valence-electron chi connectivity index (χ0n) is 49.3. The number of benzene rings is 6. The van der Waals surface area contributed by atoms with E-state index >= 15 is 0 Å². The summed E-state index contributed by atoms with van der Waals surface area (Å²) in [4.78, 5) is 32.7. The predicted molar refractivity (Wildman–Crippen MR) is 362 cm³/mol. The van der Waals surface area contributed by atoms with E-state index < -0.39 is 21.6 Å².